The number of anilines is 2. The monoisotopic (exact) mass is 492 g/mol. The van der Waals surface area contributed by atoms with E-state index in [0.717, 1.165) is 5.82 Å². The molecule has 1 aliphatic carbocycles. The highest BCUT2D eigenvalue weighted by atomic mass is 35.5. The maximum atomic E-state index is 13.4. The molecule has 0 bridgehead atoms. The van der Waals surface area contributed by atoms with Crippen LogP contribution in [-0.4, -0.2) is 51.6 Å². The molecule has 3 aliphatic rings. The minimum absolute atomic E-state index is 0.214. The number of amides is 3. The topological polar surface area (TPSA) is 82.6 Å². The van der Waals surface area contributed by atoms with E-state index in [1.165, 1.54) is 11.0 Å². The van der Waals surface area contributed by atoms with Gasteiger partial charge in [-0.05, 0) is 43.2 Å². The lowest BCUT2D eigenvalue weighted by molar-refractivity contribution is -0.112. The highest BCUT2D eigenvalue weighted by Gasteiger charge is 2.42. The van der Waals surface area contributed by atoms with Crippen molar-refractivity contribution in [3.05, 3.63) is 76.5 Å². The summed E-state index contributed by atoms with van der Waals surface area (Å²) in [5, 5.41) is 3.21. The second kappa shape index (κ2) is 9.12. The average molecular weight is 493 g/mol. The van der Waals surface area contributed by atoms with Gasteiger partial charge in [0, 0.05) is 41.6 Å². The van der Waals surface area contributed by atoms with Gasteiger partial charge in [-0.25, -0.2) is 4.98 Å². The molecule has 1 aromatic carbocycles. The Kier molecular flexibility index (Phi) is 6.02. The van der Waals surface area contributed by atoms with Crippen LogP contribution in [0.4, 0.5) is 11.5 Å². The Balaban J connectivity index is 1.34. The number of allylic oxidation sites excluding steroid dienone is 3. The molecule has 2 aliphatic heterocycles. The van der Waals surface area contributed by atoms with Gasteiger partial charge in [0.25, 0.3) is 17.7 Å². The Labute approximate surface area is 207 Å². The third kappa shape index (κ3) is 4.03. The summed E-state index contributed by atoms with van der Waals surface area (Å²) in [4.78, 5) is 47.9. The number of benzene rings is 1. The van der Waals surface area contributed by atoms with Gasteiger partial charge >= 0.3 is 0 Å². The second-order valence-electron chi connectivity index (χ2n) is 8.34. The Morgan fingerprint density at radius 1 is 1.09 bits per heavy atom. The highest BCUT2D eigenvalue weighted by Crippen LogP contribution is 2.34. The van der Waals surface area contributed by atoms with Gasteiger partial charge in [-0.3, -0.25) is 19.3 Å². The zero-order chi connectivity index (χ0) is 23.8. The van der Waals surface area contributed by atoms with Crippen LogP contribution in [0.25, 0.3) is 0 Å². The lowest BCUT2D eigenvalue weighted by atomic mass is 10.0. The van der Waals surface area contributed by atoms with Gasteiger partial charge in [-0.15, -0.1) is 0 Å². The molecule has 5 rings (SSSR count). The first-order valence-corrected chi connectivity index (χ1v) is 11.8. The van der Waals surface area contributed by atoms with Crippen LogP contribution >= 0.6 is 23.8 Å². The van der Waals surface area contributed by atoms with E-state index < -0.39 is 5.91 Å². The van der Waals surface area contributed by atoms with Crippen molar-refractivity contribution in [1.29, 1.82) is 0 Å². The largest absolute Gasteiger partial charge is 0.356 e. The molecule has 9 heteroatoms. The number of nitrogens with one attached hydrogen (secondary N) is 1. The predicted molar refractivity (Wildman–Crippen MR) is 134 cm³/mol. The number of piperidine rings is 1. The van der Waals surface area contributed by atoms with Crippen molar-refractivity contribution in [2.75, 3.05) is 23.3 Å². The quantitative estimate of drug-likeness (QED) is 0.511. The molecule has 2 aromatic rings. The number of fused-ring (bicyclic) bond motifs is 1. The molecule has 7 nitrogen and oxygen atoms in total. The number of imide groups is 1. The van der Waals surface area contributed by atoms with Gasteiger partial charge in [0.15, 0.2) is 0 Å². The molecule has 1 saturated heterocycles. The Bertz CT molecular complexity index is 1270. The number of halogens is 1. The summed E-state index contributed by atoms with van der Waals surface area (Å²) in [6.45, 7) is 1.39. The number of nitrogens with zero attached hydrogens (tertiary/aromatic N) is 3. The van der Waals surface area contributed by atoms with E-state index in [1.807, 2.05) is 18.2 Å². The van der Waals surface area contributed by atoms with Crippen molar-refractivity contribution in [3.8, 4) is 0 Å². The number of rotatable bonds is 4. The van der Waals surface area contributed by atoms with Gasteiger partial charge in [-0.1, -0.05) is 42.0 Å². The lowest BCUT2D eigenvalue weighted by Gasteiger charge is -2.36. The molecule has 0 saturated carbocycles. The molecule has 0 spiro atoms. The van der Waals surface area contributed by atoms with Gasteiger partial charge in [-0.2, -0.15) is 0 Å². The number of hydrogen-bond acceptors (Lipinski definition) is 6. The van der Waals surface area contributed by atoms with Gasteiger partial charge in [0.1, 0.15) is 5.82 Å². The molecule has 3 heterocycles. The van der Waals surface area contributed by atoms with E-state index >= 15 is 0 Å². The van der Waals surface area contributed by atoms with Crippen molar-refractivity contribution in [3.63, 3.8) is 0 Å². The fourth-order valence-electron chi connectivity index (χ4n) is 4.59. The fourth-order valence-corrected chi connectivity index (χ4v) is 5.01. The van der Waals surface area contributed by atoms with Crippen molar-refractivity contribution in [2.45, 2.75) is 25.3 Å². The molecule has 1 N–H and O–H groups in total. The molecule has 0 atom stereocenters. The normalized spacial score (nSPS) is 18.6. The van der Waals surface area contributed by atoms with E-state index in [9.17, 15) is 14.4 Å². The molecule has 34 heavy (non-hydrogen) atoms. The number of pyridine rings is 1. The lowest BCUT2D eigenvalue weighted by Crippen LogP contribution is -2.47. The number of carbonyl (C=O) groups excluding carboxylic acids is 3. The Morgan fingerprint density at radius 2 is 1.88 bits per heavy atom. The summed E-state index contributed by atoms with van der Waals surface area (Å²) in [6, 6.07) is 10.5. The minimum atomic E-state index is -0.452. The number of carbonyl (C=O) groups is 3. The number of thiocarbonyl (C=S) groups is 1. The van der Waals surface area contributed by atoms with Crippen molar-refractivity contribution in [2.24, 2.45) is 0 Å². The van der Waals surface area contributed by atoms with E-state index in [0.29, 0.717) is 53.5 Å². The molecule has 1 aromatic heterocycles. The standard InChI is InChI=1S/C25H21ClN4O3S/c26-15-7-8-20(34)18(14-15)23(31)28-19-5-3-4-17-22(19)25(33)30(24(17)32)16-9-12-29(13-10-16)21-6-1-2-11-27-21/h1-7,11,14,16H,8-10,12-13H2,(H,28,31). The van der Waals surface area contributed by atoms with Crippen LogP contribution in [0.5, 0.6) is 0 Å². The zero-order valence-electron chi connectivity index (χ0n) is 18.2. The van der Waals surface area contributed by atoms with Gasteiger partial charge < -0.3 is 10.2 Å². The first kappa shape index (κ1) is 22.4. The predicted octanol–water partition coefficient (Wildman–Crippen LogP) is 4.11. The van der Waals surface area contributed by atoms with E-state index in [1.54, 1.807) is 30.5 Å². The Hall–Kier alpha value is -3.36. The molecule has 0 unspecified atom stereocenters. The van der Waals surface area contributed by atoms with Crippen LogP contribution in [0.2, 0.25) is 0 Å². The van der Waals surface area contributed by atoms with Gasteiger partial charge in [0.05, 0.1) is 22.4 Å². The smallest absolute Gasteiger partial charge is 0.263 e. The summed E-state index contributed by atoms with van der Waals surface area (Å²) in [7, 11) is 0. The summed E-state index contributed by atoms with van der Waals surface area (Å²) in [5.41, 5.74) is 1.10. The summed E-state index contributed by atoms with van der Waals surface area (Å²) < 4.78 is 0. The molecule has 172 valence electrons. The van der Waals surface area contributed by atoms with Gasteiger partial charge in [0.2, 0.25) is 0 Å². The van der Waals surface area contributed by atoms with E-state index in [2.05, 4.69) is 15.2 Å². The zero-order valence-corrected chi connectivity index (χ0v) is 19.7. The Morgan fingerprint density at radius 3 is 2.62 bits per heavy atom. The van der Waals surface area contributed by atoms with Crippen LogP contribution in [0, 0.1) is 0 Å². The van der Waals surface area contributed by atoms with Crippen LogP contribution in [-0.2, 0) is 4.79 Å². The molecule has 0 radical (unpaired) electrons. The van der Waals surface area contributed by atoms with Crippen molar-refractivity contribution >= 4 is 57.9 Å². The maximum absolute atomic E-state index is 13.4. The van der Waals surface area contributed by atoms with Crippen molar-refractivity contribution in [1.82, 2.24) is 9.88 Å². The summed E-state index contributed by atoms with van der Waals surface area (Å²) in [6.07, 6.45) is 6.70. The summed E-state index contributed by atoms with van der Waals surface area (Å²) >= 11 is 11.3. The number of aromatic nitrogens is 1. The summed E-state index contributed by atoms with van der Waals surface area (Å²) in [5.74, 6) is -0.277. The SMILES string of the molecule is O=C(Nc1cccc2c1C(=O)N(C1CCN(c3ccccn3)CC1)C2=O)C1=CC(Cl)=CCC1=S. The second-order valence-corrected chi connectivity index (χ2v) is 9.27. The average Bonchev–Trinajstić information content (AvgIpc) is 3.12. The maximum Gasteiger partial charge on any atom is 0.263 e. The van der Waals surface area contributed by atoms with E-state index in [-0.39, 0.29) is 29.0 Å². The van der Waals surface area contributed by atoms with Crippen LogP contribution < -0.4 is 10.2 Å². The molecule has 3 amide bonds. The highest BCUT2D eigenvalue weighted by molar-refractivity contribution is 7.81. The van der Waals surface area contributed by atoms with Crippen LogP contribution in [0.3, 0.4) is 0 Å². The molecular formula is C25H21ClN4O3S. The van der Waals surface area contributed by atoms with Crippen molar-refractivity contribution < 1.29 is 14.4 Å². The van der Waals surface area contributed by atoms with E-state index in [4.69, 9.17) is 23.8 Å². The minimum Gasteiger partial charge on any atom is -0.356 e. The first-order chi connectivity index (χ1) is 16.4. The molecule has 1 fully saturated rings. The number of hydrogen-bond donors (Lipinski definition) is 1. The third-order valence-electron chi connectivity index (χ3n) is 6.31. The molecular weight excluding hydrogens is 472 g/mol. The van der Waals surface area contributed by atoms with Crippen LogP contribution in [0.1, 0.15) is 40.0 Å². The fraction of sp³-hybridized carbons (Fsp3) is 0.240. The third-order valence-corrected chi connectivity index (χ3v) is 6.96. The first-order valence-electron chi connectivity index (χ1n) is 11.0. The van der Waals surface area contributed by atoms with Crippen LogP contribution in [0.15, 0.2) is 65.4 Å².